The molecule has 3 atom stereocenters. The van der Waals surface area contributed by atoms with Gasteiger partial charge in [-0.1, -0.05) is 0 Å². The highest BCUT2D eigenvalue weighted by Gasteiger charge is 2.46. The molecule has 1 N–H and O–H groups in total. The van der Waals surface area contributed by atoms with Crippen LogP contribution in [0.15, 0.2) is 12.4 Å². The van der Waals surface area contributed by atoms with E-state index in [4.69, 9.17) is 9.47 Å². The zero-order chi connectivity index (χ0) is 16.2. The molecule has 0 radical (unpaired) electrons. The van der Waals surface area contributed by atoms with Crippen LogP contribution in [0.25, 0.3) is 0 Å². The normalized spacial score (nSPS) is 27.1. The maximum absolute atomic E-state index is 12.5. The molecule has 0 bridgehead atoms. The van der Waals surface area contributed by atoms with Gasteiger partial charge < -0.3 is 14.8 Å². The number of methoxy groups -OCH3 is 1. The summed E-state index contributed by atoms with van der Waals surface area (Å²) >= 11 is 0. The van der Waals surface area contributed by atoms with Crippen LogP contribution in [0.4, 0.5) is 0 Å². The largest absolute Gasteiger partial charge is 0.383 e. The number of hydrogen-bond donors (Lipinski definition) is 1. The summed E-state index contributed by atoms with van der Waals surface area (Å²) < 4.78 is 10.9. The number of likely N-dealkylation sites (tertiary alicyclic amines) is 1. The number of hydrogen-bond acceptors (Lipinski definition) is 6. The lowest BCUT2D eigenvalue weighted by molar-refractivity contribution is -0.126. The minimum atomic E-state index is -0.0778. The van der Waals surface area contributed by atoms with E-state index < -0.39 is 0 Å². The Kier molecular flexibility index (Phi) is 5.20. The van der Waals surface area contributed by atoms with Crippen LogP contribution in [0, 0.1) is 18.8 Å². The summed E-state index contributed by atoms with van der Waals surface area (Å²) in [5.74, 6) is 0.246. The van der Waals surface area contributed by atoms with Crippen molar-refractivity contribution in [2.45, 2.75) is 19.6 Å². The number of carbonyl (C=O) groups excluding carboxylic acids is 1. The van der Waals surface area contributed by atoms with Gasteiger partial charge in [0, 0.05) is 38.9 Å². The zero-order valence-corrected chi connectivity index (χ0v) is 13.7. The Morgan fingerprint density at radius 3 is 3.04 bits per heavy atom. The van der Waals surface area contributed by atoms with E-state index in [1.807, 2.05) is 6.92 Å². The van der Waals surface area contributed by atoms with Crippen molar-refractivity contribution in [3.8, 4) is 0 Å². The first-order valence-electron chi connectivity index (χ1n) is 8.05. The molecule has 2 aliphatic rings. The van der Waals surface area contributed by atoms with Crippen LogP contribution in [-0.2, 0) is 20.8 Å². The molecule has 0 aliphatic carbocycles. The topological polar surface area (TPSA) is 76.6 Å². The van der Waals surface area contributed by atoms with E-state index >= 15 is 0 Å². The van der Waals surface area contributed by atoms with Crippen molar-refractivity contribution in [2.75, 3.05) is 40.0 Å². The third-order valence-electron chi connectivity index (χ3n) is 4.62. The van der Waals surface area contributed by atoms with E-state index in [1.165, 1.54) is 0 Å². The fourth-order valence-electron chi connectivity index (χ4n) is 3.29. The molecule has 0 unspecified atom stereocenters. The first kappa shape index (κ1) is 16.3. The monoisotopic (exact) mass is 320 g/mol. The summed E-state index contributed by atoms with van der Waals surface area (Å²) in [6, 6.07) is 0. The van der Waals surface area contributed by atoms with Crippen LogP contribution in [-0.4, -0.2) is 66.8 Å². The Labute approximate surface area is 136 Å². The minimum absolute atomic E-state index is 0.0495. The molecule has 7 heteroatoms. The Balaban J connectivity index is 1.51. The second-order valence-corrected chi connectivity index (χ2v) is 6.26. The smallest absolute Gasteiger partial charge is 0.226 e. The number of aryl methyl sites for hydroxylation is 1. The lowest BCUT2D eigenvalue weighted by Gasteiger charge is -2.18. The summed E-state index contributed by atoms with van der Waals surface area (Å²) in [5, 5.41) is 2.97. The molecule has 2 aliphatic heterocycles. The minimum Gasteiger partial charge on any atom is -0.383 e. The van der Waals surface area contributed by atoms with Gasteiger partial charge >= 0.3 is 0 Å². The molecule has 1 aromatic heterocycles. The van der Waals surface area contributed by atoms with Gasteiger partial charge in [0.2, 0.25) is 5.91 Å². The van der Waals surface area contributed by atoms with Gasteiger partial charge in [0.25, 0.3) is 0 Å². The Bertz CT molecular complexity index is 537. The highest BCUT2D eigenvalue weighted by Crippen LogP contribution is 2.33. The fraction of sp³-hybridized carbons (Fsp3) is 0.688. The van der Waals surface area contributed by atoms with Gasteiger partial charge in [0.05, 0.1) is 49.4 Å². The third-order valence-corrected chi connectivity index (χ3v) is 4.62. The van der Waals surface area contributed by atoms with Crippen LogP contribution in [0.2, 0.25) is 0 Å². The van der Waals surface area contributed by atoms with Crippen LogP contribution < -0.4 is 5.32 Å². The van der Waals surface area contributed by atoms with Crippen molar-refractivity contribution >= 4 is 5.91 Å². The molecular weight excluding hydrogens is 296 g/mol. The zero-order valence-electron chi connectivity index (χ0n) is 13.7. The molecule has 3 rings (SSSR count). The van der Waals surface area contributed by atoms with Crippen molar-refractivity contribution in [1.82, 2.24) is 20.2 Å². The molecule has 7 nitrogen and oxygen atoms in total. The van der Waals surface area contributed by atoms with Crippen molar-refractivity contribution in [1.29, 1.82) is 0 Å². The number of carbonyl (C=O) groups is 1. The molecule has 1 aromatic rings. The quantitative estimate of drug-likeness (QED) is 0.795. The van der Waals surface area contributed by atoms with E-state index in [2.05, 4.69) is 20.2 Å². The molecule has 2 fully saturated rings. The first-order valence-corrected chi connectivity index (χ1v) is 8.05. The number of aromatic nitrogens is 2. The van der Waals surface area contributed by atoms with Gasteiger partial charge in [-0.2, -0.15) is 0 Å². The summed E-state index contributed by atoms with van der Waals surface area (Å²) in [6.45, 7) is 6.20. The van der Waals surface area contributed by atoms with E-state index in [0.29, 0.717) is 19.8 Å². The highest BCUT2D eigenvalue weighted by molar-refractivity contribution is 5.79. The van der Waals surface area contributed by atoms with Crippen molar-refractivity contribution in [3.05, 3.63) is 23.8 Å². The Morgan fingerprint density at radius 1 is 1.43 bits per heavy atom. The number of fused-ring (bicyclic) bond motifs is 1. The summed E-state index contributed by atoms with van der Waals surface area (Å²) in [6.07, 6.45) is 3.58. The number of rotatable bonds is 6. The fourth-order valence-corrected chi connectivity index (χ4v) is 3.29. The van der Waals surface area contributed by atoms with Crippen molar-refractivity contribution in [3.63, 3.8) is 0 Å². The lowest BCUT2D eigenvalue weighted by Crippen LogP contribution is -2.36. The predicted octanol–water partition coefficient (Wildman–Crippen LogP) is -0.00558. The lowest BCUT2D eigenvalue weighted by atomic mass is 9.92. The Morgan fingerprint density at radius 2 is 2.30 bits per heavy atom. The Hall–Kier alpha value is -1.57. The molecule has 0 saturated carbocycles. The first-order chi connectivity index (χ1) is 11.2. The molecule has 23 heavy (non-hydrogen) atoms. The van der Waals surface area contributed by atoms with Gasteiger partial charge in [0.15, 0.2) is 0 Å². The molecule has 0 aromatic carbocycles. The SMILES string of the molecule is COCCN1C[C@@H]2[C@@H](C(=O)NCc3cnc(C)cn3)CO[C@@H]2C1. The van der Waals surface area contributed by atoms with Gasteiger partial charge in [-0.15, -0.1) is 0 Å². The van der Waals surface area contributed by atoms with E-state index in [9.17, 15) is 4.79 Å². The number of amides is 1. The molecular formula is C16H24N4O3. The van der Waals surface area contributed by atoms with E-state index in [0.717, 1.165) is 31.0 Å². The number of ether oxygens (including phenoxy) is 2. The molecule has 2 saturated heterocycles. The second-order valence-electron chi connectivity index (χ2n) is 6.26. The molecule has 126 valence electrons. The van der Waals surface area contributed by atoms with Gasteiger partial charge in [0.1, 0.15) is 0 Å². The number of nitrogens with one attached hydrogen (secondary N) is 1. The summed E-state index contributed by atoms with van der Waals surface area (Å²) in [4.78, 5) is 23.2. The summed E-state index contributed by atoms with van der Waals surface area (Å²) in [7, 11) is 1.71. The van der Waals surface area contributed by atoms with Crippen LogP contribution in [0.5, 0.6) is 0 Å². The van der Waals surface area contributed by atoms with Crippen molar-refractivity contribution < 1.29 is 14.3 Å². The van der Waals surface area contributed by atoms with Crippen LogP contribution >= 0.6 is 0 Å². The maximum atomic E-state index is 12.5. The molecule has 0 spiro atoms. The van der Waals surface area contributed by atoms with Gasteiger partial charge in [-0.25, -0.2) is 0 Å². The standard InChI is InChI=1S/C16H24N4O3/c1-11-5-18-12(6-17-11)7-19-16(21)14-10-23-15-9-20(3-4-22-2)8-13(14)15/h5-6,13-15H,3-4,7-10H2,1-2H3,(H,19,21)/t13-,14+,15-/m1/s1. The average Bonchev–Trinajstić information content (AvgIpc) is 3.12. The third kappa shape index (κ3) is 3.85. The molecule has 1 amide bonds. The van der Waals surface area contributed by atoms with Crippen LogP contribution in [0.1, 0.15) is 11.4 Å². The number of nitrogens with zero attached hydrogens (tertiary/aromatic N) is 3. The van der Waals surface area contributed by atoms with Gasteiger partial charge in [-0.05, 0) is 6.92 Å². The predicted molar refractivity (Wildman–Crippen MR) is 83.7 cm³/mol. The van der Waals surface area contributed by atoms with Gasteiger partial charge in [-0.3, -0.25) is 19.7 Å². The van der Waals surface area contributed by atoms with E-state index in [1.54, 1.807) is 19.5 Å². The molecule has 3 heterocycles. The summed E-state index contributed by atoms with van der Waals surface area (Å²) in [5.41, 5.74) is 1.64. The van der Waals surface area contributed by atoms with Crippen molar-refractivity contribution in [2.24, 2.45) is 11.8 Å². The average molecular weight is 320 g/mol. The second kappa shape index (κ2) is 7.33. The van der Waals surface area contributed by atoms with Crippen LogP contribution in [0.3, 0.4) is 0 Å². The van der Waals surface area contributed by atoms with E-state index in [-0.39, 0.29) is 23.8 Å². The highest BCUT2D eigenvalue weighted by atomic mass is 16.5. The maximum Gasteiger partial charge on any atom is 0.226 e.